The van der Waals surface area contributed by atoms with Crippen molar-refractivity contribution in [2.24, 2.45) is 0 Å². The molecule has 0 radical (unpaired) electrons. The zero-order valence-corrected chi connectivity index (χ0v) is 18.9. The van der Waals surface area contributed by atoms with Gasteiger partial charge in [0.1, 0.15) is 0 Å². The van der Waals surface area contributed by atoms with Crippen molar-refractivity contribution in [3.8, 4) is 11.1 Å². The zero-order valence-electron chi connectivity index (χ0n) is 18.9. The van der Waals surface area contributed by atoms with Gasteiger partial charge in [-0.25, -0.2) is 0 Å². The minimum Gasteiger partial charge on any atom is -0.379 e. The molecule has 0 unspecified atom stereocenters. The number of piperazine rings is 1. The topological polar surface area (TPSA) is 31.4 Å². The third-order valence-corrected chi connectivity index (χ3v) is 6.43. The normalized spacial score (nSPS) is 14.6. The molecule has 4 heteroatoms. The number of fused-ring (bicyclic) bond motifs is 1. The van der Waals surface area contributed by atoms with Crippen LogP contribution in [0, 0.1) is 6.92 Å². The second kappa shape index (κ2) is 9.01. The molecule has 3 aromatic carbocycles. The van der Waals surface area contributed by atoms with Gasteiger partial charge in [0.2, 0.25) is 0 Å². The fourth-order valence-corrected chi connectivity index (χ4v) is 4.35. The van der Waals surface area contributed by atoms with Gasteiger partial charge in [0, 0.05) is 49.1 Å². The molecule has 4 aromatic rings. The Bertz CT molecular complexity index is 1190. The molecule has 0 saturated carbocycles. The van der Waals surface area contributed by atoms with Crippen molar-refractivity contribution >= 4 is 22.1 Å². The van der Waals surface area contributed by atoms with Crippen LogP contribution in [0.1, 0.15) is 11.3 Å². The Balaban J connectivity index is 1.29. The smallest absolute Gasteiger partial charge is 0.0672 e. The lowest BCUT2D eigenvalue weighted by molar-refractivity contribution is 0.313. The molecule has 1 aliphatic rings. The van der Waals surface area contributed by atoms with Crippen molar-refractivity contribution in [2.75, 3.05) is 43.4 Å². The summed E-state index contributed by atoms with van der Waals surface area (Å²) in [6, 6.07) is 26.2. The van der Waals surface area contributed by atoms with E-state index in [-0.39, 0.29) is 0 Å². The average Bonchev–Trinajstić information content (AvgIpc) is 2.84. The first-order valence-electron chi connectivity index (χ1n) is 11.4. The zero-order chi connectivity index (χ0) is 21.9. The van der Waals surface area contributed by atoms with Crippen molar-refractivity contribution < 1.29 is 0 Å². The number of benzene rings is 3. The van der Waals surface area contributed by atoms with Gasteiger partial charge in [0.25, 0.3) is 0 Å². The van der Waals surface area contributed by atoms with Crippen LogP contribution in [0.4, 0.5) is 11.4 Å². The average molecular weight is 423 g/mol. The molecule has 2 heterocycles. The maximum absolute atomic E-state index is 4.66. The van der Waals surface area contributed by atoms with Crippen LogP contribution in [0.25, 0.3) is 21.9 Å². The highest BCUT2D eigenvalue weighted by Crippen LogP contribution is 2.27. The fourth-order valence-electron chi connectivity index (χ4n) is 4.35. The summed E-state index contributed by atoms with van der Waals surface area (Å²) in [5.74, 6) is 0. The Hall–Kier alpha value is -3.37. The summed E-state index contributed by atoms with van der Waals surface area (Å²) in [5.41, 5.74) is 7.26. The van der Waals surface area contributed by atoms with Gasteiger partial charge in [-0.15, -0.1) is 0 Å². The summed E-state index contributed by atoms with van der Waals surface area (Å²) in [4.78, 5) is 9.50. The largest absolute Gasteiger partial charge is 0.379 e. The van der Waals surface area contributed by atoms with E-state index in [0.29, 0.717) is 6.54 Å². The number of pyridine rings is 1. The first kappa shape index (κ1) is 20.5. The van der Waals surface area contributed by atoms with Crippen molar-refractivity contribution in [3.63, 3.8) is 0 Å². The van der Waals surface area contributed by atoms with Gasteiger partial charge >= 0.3 is 0 Å². The third-order valence-electron chi connectivity index (χ3n) is 6.43. The highest BCUT2D eigenvalue weighted by molar-refractivity contribution is 5.89. The van der Waals surface area contributed by atoms with E-state index < -0.39 is 0 Å². The summed E-state index contributed by atoms with van der Waals surface area (Å²) >= 11 is 0. The Morgan fingerprint density at radius 1 is 0.812 bits per heavy atom. The maximum Gasteiger partial charge on any atom is 0.0672 e. The summed E-state index contributed by atoms with van der Waals surface area (Å²) in [6.07, 6.45) is 1.91. The van der Waals surface area contributed by atoms with Crippen LogP contribution >= 0.6 is 0 Å². The van der Waals surface area contributed by atoms with Crippen LogP contribution in [0.2, 0.25) is 0 Å². The molecular weight excluding hydrogens is 392 g/mol. The number of aryl methyl sites for hydroxylation is 1. The minimum absolute atomic E-state index is 0.703. The first-order chi connectivity index (χ1) is 15.7. The number of nitrogens with zero attached hydrogens (tertiary/aromatic N) is 3. The Kier molecular flexibility index (Phi) is 5.78. The number of nitrogens with one attached hydrogen (secondary N) is 1. The molecular formula is C28H30N4. The maximum atomic E-state index is 4.66. The van der Waals surface area contributed by atoms with Crippen LogP contribution in [-0.4, -0.2) is 43.1 Å². The van der Waals surface area contributed by atoms with E-state index >= 15 is 0 Å². The monoisotopic (exact) mass is 422 g/mol. The van der Waals surface area contributed by atoms with Crippen molar-refractivity contribution in [1.82, 2.24) is 9.88 Å². The summed E-state index contributed by atoms with van der Waals surface area (Å²) in [7, 11) is 2.19. The molecule has 0 spiro atoms. The lowest BCUT2D eigenvalue weighted by Crippen LogP contribution is -2.44. The third kappa shape index (κ3) is 4.46. The first-order valence-corrected chi connectivity index (χ1v) is 11.4. The van der Waals surface area contributed by atoms with E-state index in [1.165, 1.54) is 33.2 Å². The number of hydrogen-bond donors (Lipinski definition) is 1. The number of likely N-dealkylation sites (N-methyl/N-ethyl adjacent to an activating group) is 1. The molecule has 162 valence electrons. The summed E-state index contributed by atoms with van der Waals surface area (Å²) in [6.45, 7) is 7.25. The van der Waals surface area contributed by atoms with Gasteiger partial charge < -0.3 is 15.1 Å². The number of rotatable bonds is 5. The van der Waals surface area contributed by atoms with Crippen LogP contribution in [0.15, 0.2) is 79.0 Å². The molecule has 1 fully saturated rings. The predicted molar refractivity (Wildman–Crippen MR) is 135 cm³/mol. The highest BCUT2D eigenvalue weighted by Gasteiger charge is 2.14. The van der Waals surface area contributed by atoms with Gasteiger partial charge in [-0.2, -0.15) is 0 Å². The molecule has 4 nitrogen and oxygen atoms in total. The molecule has 0 atom stereocenters. The lowest BCUT2D eigenvalue weighted by Gasteiger charge is -2.34. The fraction of sp³-hybridized carbons (Fsp3) is 0.250. The van der Waals surface area contributed by atoms with Crippen molar-refractivity contribution in [2.45, 2.75) is 13.5 Å². The number of anilines is 2. The van der Waals surface area contributed by atoms with Crippen LogP contribution in [-0.2, 0) is 6.54 Å². The lowest BCUT2D eigenvalue weighted by atomic mass is 10.00. The predicted octanol–water partition coefficient (Wildman–Crippen LogP) is 5.57. The second-order valence-corrected chi connectivity index (χ2v) is 8.75. The highest BCUT2D eigenvalue weighted by atomic mass is 15.2. The van der Waals surface area contributed by atoms with Crippen molar-refractivity contribution in [1.29, 1.82) is 0 Å². The SMILES string of the molecule is Cc1ccc(-c2ccc3c(CNc4ccc(N5CCN(C)CC5)cc4)nccc3c2)cc1. The minimum atomic E-state index is 0.703. The van der Waals surface area contributed by atoms with E-state index in [1.54, 1.807) is 0 Å². The molecule has 1 aliphatic heterocycles. The Labute approximate surface area is 190 Å². The molecule has 0 aliphatic carbocycles. The van der Waals surface area contributed by atoms with E-state index in [0.717, 1.165) is 37.6 Å². The second-order valence-electron chi connectivity index (χ2n) is 8.75. The van der Waals surface area contributed by atoms with Crippen LogP contribution < -0.4 is 10.2 Å². The van der Waals surface area contributed by atoms with Gasteiger partial charge in [-0.05, 0) is 66.9 Å². The standard InChI is InChI=1S/C28H30N4/c1-21-3-5-22(6-4-21)23-7-12-27-24(19-23)13-14-29-28(27)20-30-25-8-10-26(11-9-25)32-17-15-31(2)16-18-32/h3-14,19,30H,15-18,20H2,1-2H3. The molecule has 1 aromatic heterocycles. The molecule has 32 heavy (non-hydrogen) atoms. The quantitative estimate of drug-likeness (QED) is 0.455. The molecule has 0 bridgehead atoms. The molecule has 0 amide bonds. The van der Waals surface area contributed by atoms with E-state index in [9.17, 15) is 0 Å². The molecule has 5 rings (SSSR count). The molecule has 1 N–H and O–H groups in total. The van der Waals surface area contributed by atoms with E-state index in [2.05, 4.69) is 107 Å². The van der Waals surface area contributed by atoms with Gasteiger partial charge in [-0.3, -0.25) is 4.98 Å². The number of aromatic nitrogens is 1. The van der Waals surface area contributed by atoms with E-state index in [4.69, 9.17) is 0 Å². The van der Waals surface area contributed by atoms with Crippen LogP contribution in [0.3, 0.4) is 0 Å². The van der Waals surface area contributed by atoms with Gasteiger partial charge in [0.15, 0.2) is 0 Å². The van der Waals surface area contributed by atoms with Crippen LogP contribution in [0.5, 0.6) is 0 Å². The van der Waals surface area contributed by atoms with Crippen molar-refractivity contribution in [3.05, 3.63) is 90.3 Å². The van der Waals surface area contributed by atoms with E-state index in [1.807, 2.05) is 6.20 Å². The summed E-state index contributed by atoms with van der Waals surface area (Å²) < 4.78 is 0. The summed E-state index contributed by atoms with van der Waals surface area (Å²) in [5, 5.41) is 5.98. The Morgan fingerprint density at radius 3 is 2.28 bits per heavy atom. The Morgan fingerprint density at radius 2 is 1.53 bits per heavy atom. The van der Waals surface area contributed by atoms with Gasteiger partial charge in [-0.1, -0.05) is 42.0 Å². The number of hydrogen-bond acceptors (Lipinski definition) is 4. The molecule has 1 saturated heterocycles. The van der Waals surface area contributed by atoms with Gasteiger partial charge in [0.05, 0.1) is 12.2 Å².